The summed E-state index contributed by atoms with van der Waals surface area (Å²) in [6, 6.07) is 11.0. The maximum Gasteiger partial charge on any atom is 0.139 e. The van der Waals surface area contributed by atoms with Crippen LogP contribution in [0, 0.1) is 16.7 Å². The first-order valence-corrected chi connectivity index (χ1v) is 10.4. The van der Waals surface area contributed by atoms with Crippen molar-refractivity contribution < 1.29 is 9.90 Å². The Morgan fingerprint density at radius 3 is 2.54 bits per heavy atom. The van der Waals surface area contributed by atoms with Crippen LogP contribution >= 0.6 is 0 Å². The lowest BCUT2D eigenvalue weighted by molar-refractivity contribution is -0.159. The molecule has 2 N–H and O–H groups in total. The molecule has 5 fully saturated rings. The number of β-amino-alcohol motifs (C(OH)–C–C–N with tert-alkyl or cyclic N) is 1. The molecular formula is C23H31NO2. The van der Waals surface area contributed by atoms with E-state index < -0.39 is 5.60 Å². The molecule has 1 aliphatic heterocycles. The largest absolute Gasteiger partial charge is 0.387 e. The van der Waals surface area contributed by atoms with Gasteiger partial charge >= 0.3 is 0 Å². The average Bonchev–Trinajstić information content (AvgIpc) is 2.56. The van der Waals surface area contributed by atoms with Crippen molar-refractivity contribution in [2.75, 3.05) is 13.1 Å². The van der Waals surface area contributed by atoms with E-state index in [1.54, 1.807) is 0 Å². The lowest BCUT2D eigenvalue weighted by atomic mass is 9.38. The maximum atomic E-state index is 13.5. The predicted molar refractivity (Wildman–Crippen MR) is 102 cm³/mol. The quantitative estimate of drug-likeness (QED) is 0.850. The van der Waals surface area contributed by atoms with Gasteiger partial charge in [-0.1, -0.05) is 37.3 Å². The van der Waals surface area contributed by atoms with Crippen molar-refractivity contribution in [3.63, 3.8) is 0 Å². The highest BCUT2D eigenvalue weighted by atomic mass is 16.3. The third-order valence-electron chi connectivity index (χ3n) is 8.05. The Morgan fingerprint density at radius 1 is 1.12 bits per heavy atom. The summed E-state index contributed by atoms with van der Waals surface area (Å²) in [4.78, 5) is 13.5. The zero-order valence-electron chi connectivity index (χ0n) is 15.9. The summed E-state index contributed by atoms with van der Waals surface area (Å²) in [5.41, 5.74) is 1.17. The van der Waals surface area contributed by atoms with E-state index in [9.17, 15) is 9.90 Å². The van der Waals surface area contributed by atoms with Crippen molar-refractivity contribution in [2.24, 2.45) is 16.7 Å². The van der Waals surface area contributed by atoms with Crippen LogP contribution in [0.4, 0.5) is 0 Å². The van der Waals surface area contributed by atoms with E-state index in [1.807, 2.05) is 0 Å². The normalized spacial score (nSPS) is 42.5. The zero-order valence-corrected chi connectivity index (χ0v) is 15.9. The van der Waals surface area contributed by atoms with Crippen LogP contribution < -0.4 is 5.32 Å². The summed E-state index contributed by atoms with van der Waals surface area (Å²) in [5, 5.41) is 13.5. The molecule has 3 nitrogen and oxygen atoms in total. The number of carbonyl (C=O) groups is 1. The lowest BCUT2D eigenvalue weighted by Crippen LogP contribution is -2.61. The summed E-state index contributed by atoms with van der Waals surface area (Å²) in [5.74, 6) is 1.13. The number of carbonyl (C=O) groups excluding carboxylic acids is 1. The monoisotopic (exact) mass is 353 g/mol. The number of aliphatic hydroxyl groups is 1. The summed E-state index contributed by atoms with van der Waals surface area (Å²) < 4.78 is 0. The fourth-order valence-electron chi connectivity index (χ4n) is 7.55. The molecule has 1 heterocycles. The minimum absolute atomic E-state index is 0.141. The van der Waals surface area contributed by atoms with E-state index in [-0.39, 0.29) is 10.8 Å². The molecule has 6 rings (SSSR count). The molecule has 4 atom stereocenters. The van der Waals surface area contributed by atoms with E-state index in [4.69, 9.17) is 0 Å². The van der Waals surface area contributed by atoms with Gasteiger partial charge in [0.05, 0.1) is 5.60 Å². The fraction of sp³-hybridized carbons (Fsp3) is 0.696. The van der Waals surface area contributed by atoms with Gasteiger partial charge in [-0.15, -0.1) is 0 Å². The minimum Gasteiger partial charge on any atom is -0.387 e. The molecule has 3 heteroatoms. The van der Waals surface area contributed by atoms with Crippen molar-refractivity contribution >= 4 is 5.78 Å². The topological polar surface area (TPSA) is 49.3 Å². The standard InChI is InChI=1S/C23H31NO2/c1-20-9-17-10-21(12-20,18-5-3-2-4-6-18)14-22(11-17,13-20)19(25)7-8-23(26)15-24-16-23/h2-6,17,24,26H,7-16H2,1H3. The number of nitrogens with one attached hydrogen (secondary N) is 1. The van der Waals surface area contributed by atoms with E-state index in [0.717, 1.165) is 19.3 Å². The van der Waals surface area contributed by atoms with Crippen LogP contribution in [0.5, 0.6) is 0 Å². The molecule has 0 spiro atoms. The highest BCUT2D eigenvalue weighted by Crippen LogP contribution is 2.70. The predicted octanol–water partition coefficient (Wildman–Crippen LogP) is 3.60. The van der Waals surface area contributed by atoms with Crippen molar-refractivity contribution in [3.8, 4) is 0 Å². The van der Waals surface area contributed by atoms with E-state index >= 15 is 0 Å². The first-order valence-electron chi connectivity index (χ1n) is 10.4. The van der Waals surface area contributed by atoms with Gasteiger partial charge in [0, 0.05) is 24.9 Å². The van der Waals surface area contributed by atoms with Crippen LogP contribution in [0.2, 0.25) is 0 Å². The van der Waals surface area contributed by atoms with Crippen LogP contribution in [0.15, 0.2) is 30.3 Å². The molecule has 1 saturated heterocycles. The van der Waals surface area contributed by atoms with Crippen LogP contribution in [0.25, 0.3) is 0 Å². The van der Waals surface area contributed by atoms with Gasteiger partial charge in [-0.2, -0.15) is 0 Å². The number of hydrogen-bond donors (Lipinski definition) is 2. The van der Waals surface area contributed by atoms with Gasteiger partial charge in [-0.05, 0) is 67.3 Å². The molecule has 5 aliphatic rings. The lowest BCUT2D eigenvalue weighted by Gasteiger charge is -2.66. The second kappa shape index (κ2) is 5.42. The van der Waals surface area contributed by atoms with Gasteiger partial charge in [0.1, 0.15) is 5.78 Å². The Bertz CT molecular complexity index is 727. The Balaban J connectivity index is 1.45. The summed E-state index contributed by atoms with van der Waals surface area (Å²) in [6.45, 7) is 3.71. The molecule has 4 saturated carbocycles. The van der Waals surface area contributed by atoms with Crippen molar-refractivity contribution in [1.82, 2.24) is 5.32 Å². The van der Waals surface area contributed by atoms with Gasteiger partial charge in [0.2, 0.25) is 0 Å². The molecule has 0 aromatic heterocycles. The Kier molecular flexibility index (Phi) is 3.53. The molecule has 1 aromatic rings. The van der Waals surface area contributed by atoms with Crippen LogP contribution in [-0.2, 0) is 10.2 Å². The van der Waals surface area contributed by atoms with Crippen molar-refractivity contribution in [3.05, 3.63) is 35.9 Å². The highest BCUT2D eigenvalue weighted by Gasteiger charge is 2.64. The zero-order chi connectivity index (χ0) is 18.0. The molecule has 4 aliphatic carbocycles. The molecule has 0 radical (unpaired) electrons. The van der Waals surface area contributed by atoms with Gasteiger partial charge in [-0.25, -0.2) is 0 Å². The van der Waals surface area contributed by atoms with Crippen molar-refractivity contribution in [2.45, 2.75) is 69.3 Å². The Hall–Kier alpha value is -1.19. The number of benzene rings is 1. The third-order valence-corrected chi connectivity index (χ3v) is 8.05. The van der Waals surface area contributed by atoms with Gasteiger partial charge in [0.15, 0.2) is 0 Å². The Labute approximate surface area is 156 Å². The maximum absolute atomic E-state index is 13.5. The second-order valence-corrected chi connectivity index (χ2v) is 10.5. The number of hydrogen-bond acceptors (Lipinski definition) is 3. The number of Topliss-reactive ketones (excluding diaryl/α,β-unsaturated/α-hetero) is 1. The number of ketones is 1. The minimum atomic E-state index is -0.640. The van der Waals surface area contributed by atoms with E-state index in [0.29, 0.717) is 43.0 Å². The smallest absolute Gasteiger partial charge is 0.139 e. The van der Waals surface area contributed by atoms with Gasteiger partial charge < -0.3 is 10.4 Å². The number of rotatable bonds is 5. The third kappa shape index (κ3) is 2.51. The van der Waals surface area contributed by atoms with Crippen LogP contribution in [-0.4, -0.2) is 29.6 Å². The molecule has 1 aromatic carbocycles. The molecule has 4 unspecified atom stereocenters. The van der Waals surface area contributed by atoms with E-state index in [2.05, 4.69) is 42.6 Å². The highest BCUT2D eigenvalue weighted by molar-refractivity contribution is 5.86. The van der Waals surface area contributed by atoms with Crippen LogP contribution in [0.1, 0.15) is 63.9 Å². The summed E-state index contributed by atoms with van der Waals surface area (Å²) in [6.07, 6.45) is 8.16. The molecule has 26 heavy (non-hydrogen) atoms. The average molecular weight is 354 g/mol. The van der Waals surface area contributed by atoms with Crippen LogP contribution in [0.3, 0.4) is 0 Å². The molecular weight excluding hydrogens is 322 g/mol. The summed E-state index contributed by atoms with van der Waals surface area (Å²) >= 11 is 0. The molecule has 0 amide bonds. The van der Waals surface area contributed by atoms with Gasteiger partial charge in [-0.3, -0.25) is 4.79 Å². The first-order chi connectivity index (χ1) is 12.3. The first kappa shape index (κ1) is 16.9. The fourth-order valence-corrected chi connectivity index (χ4v) is 7.55. The summed E-state index contributed by atoms with van der Waals surface area (Å²) in [7, 11) is 0. The van der Waals surface area contributed by atoms with Crippen molar-refractivity contribution in [1.29, 1.82) is 0 Å². The molecule has 4 bridgehead atoms. The Morgan fingerprint density at radius 2 is 1.88 bits per heavy atom. The van der Waals surface area contributed by atoms with E-state index in [1.165, 1.54) is 24.8 Å². The second-order valence-electron chi connectivity index (χ2n) is 10.5. The molecule has 140 valence electrons. The van der Waals surface area contributed by atoms with Gasteiger partial charge in [0.25, 0.3) is 0 Å². The SMILES string of the molecule is CC12CC3CC(C(=O)CCC4(O)CNC4)(C1)CC(c1ccccc1)(C3)C2.